The molecule has 19 heavy (non-hydrogen) atoms. The molecule has 2 unspecified atom stereocenters. The summed E-state index contributed by atoms with van der Waals surface area (Å²) < 4.78 is 0. The van der Waals surface area contributed by atoms with Gasteiger partial charge in [-0.05, 0) is 37.3 Å². The molecule has 0 radical (unpaired) electrons. The van der Waals surface area contributed by atoms with Crippen LogP contribution < -0.4 is 5.32 Å². The second kappa shape index (κ2) is 7.04. The second-order valence-electron chi connectivity index (χ2n) is 5.91. The summed E-state index contributed by atoms with van der Waals surface area (Å²) in [5, 5.41) is 22.4. The Morgan fingerprint density at radius 1 is 1.16 bits per heavy atom. The average Bonchev–Trinajstić information content (AvgIpc) is 2.44. The lowest BCUT2D eigenvalue weighted by Crippen LogP contribution is -2.44. The molecule has 3 nitrogen and oxygen atoms in total. The largest absolute Gasteiger partial charge is 0.394 e. The molecule has 0 fully saturated rings. The number of aliphatic hydroxyl groups is 2. The van der Waals surface area contributed by atoms with E-state index in [1.165, 1.54) is 5.56 Å². The molecule has 3 heteroatoms. The molecule has 0 spiro atoms. The molecule has 0 amide bonds. The van der Waals surface area contributed by atoms with Crippen LogP contribution in [0.4, 0.5) is 0 Å². The summed E-state index contributed by atoms with van der Waals surface area (Å²) in [6.45, 7) is 8.69. The number of aliphatic hydroxyl groups excluding tert-OH is 2. The van der Waals surface area contributed by atoms with Crippen molar-refractivity contribution in [3.8, 4) is 0 Å². The van der Waals surface area contributed by atoms with E-state index in [0.717, 1.165) is 12.0 Å². The molecule has 1 aromatic rings. The second-order valence-corrected chi connectivity index (χ2v) is 5.91. The highest BCUT2D eigenvalue weighted by molar-refractivity contribution is 5.26. The summed E-state index contributed by atoms with van der Waals surface area (Å²) in [5.74, 6) is 0.553. The third-order valence-corrected chi connectivity index (χ3v) is 3.67. The van der Waals surface area contributed by atoms with Crippen LogP contribution in [0.1, 0.15) is 57.3 Å². The van der Waals surface area contributed by atoms with Crippen LogP contribution in [0.5, 0.6) is 0 Å². The average molecular weight is 265 g/mol. The van der Waals surface area contributed by atoms with Crippen molar-refractivity contribution >= 4 is 0 Å². The molecule has 0 aromatic heterocycles. The smallest absolute Gasteiger partial charge is 0.0914 e. The number of nitrogens with one attached hydrogen (secondary N) is 1. The fourth-order valence-electron chi connectivity index (χ4n) is 1.83. The van der Waals surface area contributed by atoms with E-state index in [2.05, 4.69) is 31.3 Å². The van der Waals surface area contributed by atoms with E-state index in [4.69, 9.17) is 5.11 Å². The first-order valence-electron chi connectivity index (χ1n) is 7.03. The van der Waals surface area contributed by atoms with Crippen LogP contribution in [0.25, 0.3) is 0 Å². The molecular formula is C16H27NO2. The van der Waals surface area contributed by atoms with Gasteiger partial charge in [0.15, 0.2) is 0 Å². The predicted molar refractivity (Wildman–Crippen MR) is 79.3 cm³/mol. The van der Waals surface area contributed by atoms with Gasteiger partial charge in [0, 0.05) is 12.1 Å². The highest BCUT2D eigenvalue weighted by Gasteiger charge is 2.17. The van der Waals surface area contributed by atoms with Crippen LogP contribution in [0.3, 0.4) is 0 Å². The van der Waals surface area contributed by atoms with Crippen LogP contribution in [0.15, 0.2) is 24.3 Å². The van der Waals surface area contributed by atoms with Gasteiger partial charge in [-0.1, -0.05) is 38.1 Å². The minimum Gasteiger partial charge on any atom is -0.394 e. The van der Waals surface area contributed by atoms with Crippen molar-refractivity contribution in [3.05, 3.63) is 35.4 Å². The van der Waals surface area contributed by atoms with Gasteiger partial charge in [-0.25, -0.2) is 0 Å². The zero-order valence-corrected chi connectivity index (χ0v) is 12.5. The van der Waals surface area contributed by atoms with Crippen molar-refractivity contribution in [2.45, 2.75) is 51.7 Å². The molecule has 108 valence electrons. The van der Waals surface area contributed by atoms with Crippen LogP contribution in [0, 0.1) is 0 Å². The number of hydrogen-bond acceptors (Lipinski definition) is 3. The fraction of sp³-hybridized carbons (Fsp3) is 0.625. The van der Waals surface area contributed by atoms with Gasteiger partial charge >= 0.3 is 0 Å². The van der Waals surface area contributed by atoms with Crippen molar-refractivity contribution in [1.29, 1.82) is 0 Å². The van der Waals surface area contributed by atoms with Gasteiger partial charge in [0.05, 0.1) is 12.7 Å². The van der Waals surface area contributed by atoms with Crippen LogP contribution >= 0.6 is 0 Å². The fourth-order valence-corrected chi connectivity index (χ4v) is 1.83. The molecule has 3 N–H and O–H groups in total. The molecule has 0 saturated carbocycles. The lowest BCUT2D eigenvalue weighted by Gasteiger charge is -2.25. The van der Waals surface area contributed by atoms with E-state index >= 15 is 0 Å². The van der Waals surface area contributed by atoms with Crippen molar-refractivity contribution in [3.63, 3.8) is 0 Å². The lowest BCUT2D eigenvalue weighted by molar-refractivity contribution is 0.136. The SMILES string of the molecule is CCC(C)c1ccc(C(O)CNC(C)(C)CO)cc1. The molecule has 0 aliphatic carbocycles. The van der Waals surface area contributed by atoms with Crippen molar-refractivity contribution < 1.29 is 10.2 Å². The van der Waals surface area contributed by atoms with Crippen LogP contribution in [0.2, 0.25) is 0 Å². The Morgan fingerprint density at radius 3 is 2.16 bits per heavy atom. The molecule has 0 bridgehead atoms. The zero-order chi connectivity index (χ0) is 14.5. The van der Waals surface area contributed by atoms with Gasteiger partial charge in [-0.3, -0.25) is 0 Å². The first kappa shape index (κ1) is 16.2. The summed E-state index contributed by atoms with van der Waals surface area (Å²) in [4.78, 5) is 0. The first-order valence-corrected chi connectivity index (χ1v) is 7.03. The minimum absolute atomic E-state index is 0.0483. The topological polar surface area (TPSA) is 52.5 Å². The number of β-amino-alcohol motifs (C(OH)–C–C–N with tert-alkyl or cyclic N) is 1. The van der Waals surface area contributed by atoms with Crippen molar-refractivity contribution in [2.75, 3.05) is 13.2 Å². The van der Waals surface area contributed by atoms with E-state index in [0.29, 0.717) is 12.5 Å². The number of rotatable bonds is 7. The zero-order valence-electron chi connectivity index (χ0n) is 12.5. The third-order valence-electron chi connectivity index (χ3n) is 3.67. The van der Waals surface area contributed by atoms with Crippen LogP contribution in [-0.4, -0.2) is 28.9 Å². The van der Waals surface area contributed by atoms with Gasteiger partial charge in [0.2, 0.25) is 0 Å². The maximum absolute atomic E-state index is 10.1. The molecule has 2 atom stereocenters. The summed E-state index contributed by atoms with van der Waals surface area (Å²) in [5.41, 5.74) is 1.85. The molecular weight excluding hydrogens is 238 g/mol. The minimum atomic E-state index is -0.545. The van der Waals surface area contributed by atoms with E-state index in [-0.39, 0.29) is 12.1 Å². The van der Waals surface area contributed by atoms with E-state index in [1.54, 1.807) is 0 Å². The Hall–Kier alpha value is -0.900. The first-order chi connectivity index (χ1) is 8.89. The summed E-state index contributed by atoms with van der Waals surface area (Å²) in [6, 6.07) is 8.15. The Morgan fingerprint density at radius 2 is 1.68 bits per heavy atom. The highest BCUT2D eigenvalue weighted by Crippen LogP contribution is 2.21. The summed E-state index contributed by atoms with van der Waals surface area (Å²) >= 11 is 0. The monoisotopic (exact) mass is 265 g/mol. The van der Waals surface area contributed by atoms with Gasteiger partial charge in [0.25, 0.3) is 0 Å². The quantitative estimate of drug-likeness (QED) is 0.710. The van der Waals surface area contributed by atoms with Crippen LogP contribution in [-0.2, 0) is 0 Å². The maximum Gasteiger partial charge on any atom is 0.0914 e. The molecule has 1 rings (SSSR count). The van der Waals surface area contributed by atoms with Crippen molar-refractivity contribution in [1.82, 2.24) is 5.32 Å². The molecule has 0 aliphatic heterocycles. The third kappa shape index (κ3) is 4.94. The summed E-state index contributed by atoms with van der Waals surface area (Å²) in [6.07, 6.45) is 0.575. The number of benzene rings is 1. The molecule has 0 heterocycles. The van der Waals surface area contributed by atoms with Gasteiger partial charge < -0.3 is 15.5 Å². The number of hydrogen-bond donors (Lipinski definition) is 3. The van der Waals surface area contributed by atoms with E-state index < -0.39 is 6.10 Å². The summed E-state index contributed by atoms with van der Waals surface area (Å²) in [7, 11) is 0. The highest BCUT2D eigenvalue weighted by atomic mass is 16.3. The lowest BCUT2D eigenvalue weighted by atomic mass is 9.96. The molecule has 1 aromatic carbocycles. The van der Waals surface area contributed by atoms with Gasteiger partial charge in [0.1, 0.15) is 0 Å². The normalized spacial score (nSPS) is 15.3. The van der Waals surface area contributed by atoms with Gasteiger partial charge in [-0.2, -0.15) is 0 Å². The Kier molecular flexibility index (Phi) is 5.98. The maximum atomic E-state index is 10.1. The predicted octanol–water partition coefficient (Wildman–Crippen LogP) is 2.59. The Balaban J connectivity index is 2.60. The van der Waals surface area contributed by atoms with E-state index in [9.17, 15) is 5.11 Å². The van der Waals surface area contributed by atoms with Gasteiger partial charge in [-0.15, -0.1) is 0 Å². The van der Waals surface area contributed by atoms with Crippen molar-refractivity contribution in [2.24, 2.45) is 0 Å². The molecule has 0 aliphatic rings. The Bertz CT molecular complexity index is 373. The Labute approximate surface area is 116 Å². The molecule has 0 saturated heterocycles. The standard InChI is InChI=1S/C16H27NO2/c1-5-12(2)13-6-8-14(9-7-13)15(19)10-17-16(3,4)11-18/h6-9,12,15,17-19H,5,10-11H2,1-4H3. The van der Waals surface area contributed by atoms with E-state index in [1.807, 2.05) is 26.0 Å².